The molecule has 0 radical (unpaired) electrons. The molecule has 0 spiro atoms. The van der Waals surface area contributed by atoms with Crippen molar-refractivity contribution in [1.82, 2.24) is 4.98 Å². The first-order valence-electron chi connectivity index (χ1n) is 6.27. The molecule has 1 aromatic heterocycles. The number of nitrogens with zero attached hydrogens (tertiary/aromatic N) is 1. The first-order chi connectivity index (χ1) is 8.20. The lowest BCUT2D eigenvalue weighted by Crippen LogP contribution is -2.31. The Morgan fingerprint density at radius 2 is 2.12 bits per heavy atom. The van der Waals surface area contributed by atoms with E-state index in [0.717, 1.165) is 5.82 Å². The van der Waals surface area contributed by atoms with Crippen molar-refractivity contribution in [2.24, 2.45) is 5.92 Å². The summed E-state index contributed by atoms with van der Waals surface area (Å²) in [6.07, 6.45) is 5.09. The molecule has 1 aromatic rings. The number of rotatable bonds is 3. The molecule has 4 nitrogen and oxygen atoms in total. The lowest BCUT2D eigenvalue weighted by molar-refractivity contribution is 0.348. The summed E-state index contributed by atoms with van der Waals surface area (Å²) >= 11 is 0. The number of hydrogen-bond donors (Lipinski definition) is 2. The molecule has 2 rings (SSSR count). The molecular weight excluding hydrogens is 214 g/mol. The smallest absolute Gasteiger partial charge is 0.215 e. The second kappa shape index (κ2) is 5.25. The van der Waals surface area contributed by atoms with Crippen LogP contribution in [0.2, 0.25) is 0 Å². The van der Waals surface area contributed by atoms with Crippen molar-refractivity contribution in [1.29, 1.82) is 0 Å². The van der Waals surface area contributed by atoms with Crippen LogP contribution in [-0.4, -0.2) is 18.1 Å². The second-order valence-electron chi connectivity index (χ2n) is 4.80. The average Bonchev–Trinajstić information content (AvgIpc) is 2.35. The Balaban J connectivity index is 2.11. The van der Waals surface area contributed by atoms with Crippen LogP contribution in [0.3, 0.4) is 0 Å². The Morgan fingerprint density at radius 1 is 1.35 bits per heavy atom. The number of nitrogen functional groups attached to an aromatic ring is 1. The van der Waals surface area contributed by atoms with E-state index in [4.69, 9.17) is 10.5 Å². The molecule has 1 fully saturated rings. The largest absolute Gasteiger partial charge is 0.481 e. The molecule has 1 heterocycles. The van der Waals surface area contributed by atoms with Gasteiger partial charge in [0.25, 0.3) is 0 Å². The summed E-state index contributed by atoms with van der Waals surface area (Å²) in [5, 5.41) is 3.46. The van der Waals surface area contributed by atoms with E-state index in [9.17, 15) is 0 Å². The molecule has 17 heavy (non-hydrogen) atoms. The molecule has 2 unspecified atom stereocenters. The second-order valence-corrected chi connectivity index (χ2v) is 4.80. The van der Waals surface area contributed by atoms with Crippen LogP contribution in [-0.2, 0) is 0 Å². The van der Waals surface area contributed by atoms with Gasteiger partial charge in [0, 0.05) is 12.1 Å². The maximum Gasteiger partial charge on any atom is 0.215 e. The molecule has 0 bridgehead atoms. The van der Waals surface area contributed by atoms with Gasteiger partial charge < -0.3 is 15.8 Å². The van der Waals surface area contributed by atoms with Crippen LogP contribution in [0.4, 0.5) is 11.5 Å². The third-order valence-electron chi connectivity index (χ3n) is 3.54. The molecule has 3 N–H and O–H groups in total. The van der Waals surface area contributed by atoms with Crippen LogP contribution in [0.15, 0.2) is 12.1 Å². The maximum absolute atomic E-state index is 5.93. The van der Waals surface area contributed by atoms with Gasteiger partial charge in [-0.25, -0.2) is 0 Å². The summed E-state index contributed by atoms with van der Waals surface area (Å²) < 4.78 is 5.12. The van der Waals surface area contributed by atoms with E-state index in [0.29, 0.717) is 23.5 Å². The molecule has 1 saturated carbocycles. The molecule has 1 aliphatic carbocycles. The van der Waals surface area contributed by atoms with Gasteiger partial charge in [-0.05, 0) is 24.8 Å². The minimum absolute atomic E-state index is 0.477. The van der Waals surface area contributed by atoms with E-state index in [1.807, 2.05) is 6.07 Å². The quantitative estimate of drug-likeness (QED) is 0.845. The summed E-state index contributed by atoms with van der Waals surface area (Å²) in [6.45, 7) is 2.28. The highest BCUT2D eigenvalue weighted by Crippen LogP contribution is 2.28. The lowest BCUT2D eigenvalue weighted by atomic mass is 9.86. The summed E-state index contributed by atoms with van der Waals surface area (Å²) in [6, 6.07) is 4.09. The van der Waals surface area contributed by atoms with Gasteiger partial charge in [0.1, 0.15) is 0 Å². The van der Waals surface area contributed by atoms with Crippen molar-refractivity contribution in [3.8, 4) is 5.88 Å². The number of nitrogens with one attached hydrogen (secondary N) is 1. The van der Waals surface area contributed by atoms with Crippen molar-refractivity contribution >= 4 is 11.5 Å². The van der Waals surface area contributed by atoms with Crippen molar-refractivity contribution in [3.05, 3.63) is 12.1 Å². The van der Waals surface area contributed by atoms with Crippen LogP contribution in [0.25, 0.3) is 0 Å². The summed E-state index contributed by atoms with van der Waals surface area (Å²) in [5.74, 6) is 2.03. The third-order valence-corrected chi connectivity index (χ3v) is 3.54. The number of ether oxygens (including phenoxy) is 1. The molecule has 0 amide bonds. The Hall–Kier alpha value is -1.45. The zero-order chi connectivity index (χ0) is 12.3. The molecule has 4 heteroatoms. The first kappa shape index (κ1) is 12.0. The van der Waals surface area contributed by atoms with E-state index >= 15 is 0 Å². The lowest BCUT2D eigenvalue weighted by Gasteiger charge is -2.30. The Labute approximate surface area is 103 Å². The number of methoxy groups -OCH3 is 1. The minimum Gasteiger partial charge on any atom is -0.481 e. The van der Waals surface area contributed by atoms with Gasteiger partial charge in [0.2, 0.25) is 5.88 Å². The van der Waals surface area contributed by atoms with Crippen LogP contribution in [0.5, 0.6) is 5.88 Å². The molecule has 1 aliphatic rings. The van der Waals surface area contributed by atoms with Crippen LogP contribution >= 0.6 is 0 Å². The monoisotopic (exact) mass is 235 g/mol. The SMILES string of the molecule is COc1ccc(N)c(NC2CCCCC2C)n1. The standard InChI is InChI=1S/C13H21N3O/c1-9-5-3-4-6-11(9)15-13-10(14)7-8-12(16-13)17-2/h7-9,11H,3-6,14H2,1-2H3,(H,15,16). The predicted molar refractivity (Wildman–Crippen MR) is 70.2 cm³/mol. The number of anilines is 2. The van der Waals surface area contributed by atoms with Crippen LogP contribution in [0, 0.1) is 5.92 Å². The van der Waals surface area contributed by atoms with Gasteiger partial charge in [0.05, 0.1) is 12.8 Å². The van der Waals surface area contributed by atoms with Gasteiger partial charge in [-0.15, -0.1) is 0 Å². The zero-order valence-corrected chi connectivity index (χ0v) is 10.6. The van der Waals surface area contributed by atoms with E-state index in [-0.39, 0.29) is 0 Å². The number of pyridine rings is 1. The van der Waals surface area contributed by atoms with E-state index < -0.39 is 0 Å². The molecule has 0 aromatic carbocycles. The molecule has 0 aliphatic heterocycles. The highest BCUT2D eigenvalue weighted by Gasteiger charge is 2.22. The van der Waals surface area contributed by atoms with Gasteiger partial charge in [-0.2, -0.15) is 4.98 Å². The van der Waals surface area contributed by atoms with E-state index in [1.165, 1.54) is 25.7 Å². The number of hydrogen-bond acceptors (Lipinski definition) is 4. The van der Waals surface area contributed by atoms with Gasteiger partial charge in [-0.1, -0.05) is 19.8 Å². The topological polar surface area (TPSA) is 60.2 Å². The molecule has 94 valence electrons. The summed E-state index contributed by atoms with van der Waals surface area (Å²) in [7, 11) is 1.62. The van der Waals surface area contributed by atoms with Crippen molar-refractivity contribution in [3.63, 3.8) is 0 Å². The van der Waals surface area contributed by atoms with Gasteiger partial charge >= 0.3 is 0 Å². The fraction of sp³-hybridized carbons (Fsp3) is 0.615. The van der Waals surface area contributed by atoms with Crippen LogP contribution in [0.1, 0.15) is 32.6 Å². The zero-order valence-electron chi connectivity index (χ0n) is 10.6. The van der Waals surface area contributed by atoms with Gasteiger partial charge in [-0.3, -0.25) is 0 Å². The van der Waals surface area contributed by atoms with Crippen molar-refractivity contribution in [2.45, 2.75) is 38.6 Å². The Kier molecular flexibility index (Phi) is 3.71. The number of aromatic nitrogens is 1. The van der Waals surface area contributed by atoms with E-state index in [1.54, 1.807) is 13.2 Å². The highest BCUT2D eigenvalue weighted by molar-refractivity contribution is 5.62. The van der Waals surface area contributed by atoms with Gasteiger partial charge in [0.15, 0.2) is 5.82 Å². The van der Waals surface area contributed by atoms with E-state index in [2.05, 4.69) is 17.2 Å². The summed E-state index contributed by atoms with van der Waals surface area (Å²) in [5.41, 5.74) is 6.61. The Morgan fingerprint density at radius 3 is 2.82 bits per heavy atom. The van der Waals surface area contributed by atoms with Crippen LogP contribution < -0.4 is 15.8 Å². The predicted octanol–water partition coefficient (Wildman–Crippen LogP) is 2.66. The molecular formula is C13H21N3O. The highest BCUT2D eigenvalue weighted by atomic mass is 16.5. The fourth-order valence-electron chi connectivity index (χ4n) is 2.39. The fourth-order valence-corrected chi connectivity index (χ4v) is 2.39. The normalized spacial score (nSPS) is 24.4. The van der Waals surface area contributed by atoms with Crippen molar-refractivity contribution < 1.29 is 4.74 Å². The molecule has 2 atom stereocenters. The molecule has 0 saturated heterocycles. The summed E-state index contributed by atoms with van der Waals surface area (Å²) in [4.78, 5) is 4.36. The third kappa shape index (κ3) is 2.81. The minimum atomic E-state index is 0.477. The average molecular weight is 235 g/mol. The first-order valence-corrected chi connectivity index (χ1v) is 6.27. The Bertz CT molecular complexity index is 381. The number of nitrogens with two attached hydrogens (primary N) is 1. The maximum atomic E-state index is 5.93. The van der Waals surface area contributed by atoms with Crippen molar-refractivity contribution in [2.75, 3.05) is 18.2 Å².